The second-order valence-electron chi connectivity index (χ2n) is 10.5. The van der Waals surface area contributed by atoms with Crippen LogP contribution in [0.4, 0.5) is 0 Å². The van der Waals surface area contributed by atoms with Gasteiger partial charge in [0, 0.05) is 24.9 Å². The van der Waals surface area contributed by atoms with Crippen molar-refractivity contribution in [1.82, 2.24) is 0 Å². The molecule has 40 heavy (non-hydrogen) atoms. The summed E-state index contributed by atoms with van der Waals surface area (Å²) >= 11 is 3.75. The lowest BCUT2D eigenvalue weighted by Crippen LogP contribution is -1.91. The topological polar surface area (TPSA) is 0 Å². The molecule has 7 aromatic carbocycles. The minimum Gasteiger partial charge on any atom is -0.143 e. The highest BCUT2D eigenvalue weighted by Crippen LogP contribution is 2.46. The van der Waals surface area contributed by atoms with Crippen molar-refractivity contribution in [2.45, 2.75) is 0 Å². The van der Waals surface area contributed by atoms with Crippen molar-refractivity contribution in [1.29, 1.82) is 0 Å². The van der Waals surface area contributed by atoms with E-state index in [1.165, 1.54) is 84.8 Å². The first kappa shape index (κ1) is 22.3. The van der Waals surface area contributed by atoms with Gasteiger partial charge in [0.15, 0.2) is 0 Å². The molecule has 0 amide bonds. The average molecular weight is 543 g/mol. The van der Waals surface area contributed by atoms with E-state index < -0.39 is 0 Å². The molecule has 0 aliphatic carbocycles. The van der Waals surface area contributed by atoms with Crippen molar-refractivity contribution in [3.63, 3.8) is 0 Å². The Bertz CT molecular complexity index is 2380. The van der Waals surface area contributed by atoms with Crippen molar-refractivity contribution in [2.75, 3.05) is 0 Å². The zero-order chi connectivity index (χ0) is 26.2. The van der Waals surface area contributed by atoms with E-state index in [1.807, 2.05) is 22.7 Å². The van der Waals surface area contributed by atoms with Crippen molar-refractivity contribution in [2.24, 2.45) is 0 Å². The number of hydrogen-bond acceptors (Lipinski definition) is 2. The van der Waals surface area contributed by atoms with Crippen LogP contribution in [0.3, 0.4) is 0 Å². The maximum atomic E-state index is 2.44. The standard InChI is InChI=1S/C38H22S2/c1-2-8-25-21-26(14-13-23(25)7-1)35-28-9-3-5-11-30(28)36(31-12-6-4-10-29(31)35)27-16-17-33-32(22-27)37-34(40-33)18-15-24-19-20-39-38(24)37/h1-22H. The Morgan fingerprint density at radius 1 is 0.400 bits per heavy atom. The van der Waals surface area contributed by atoms with Crippen LogP contribution in [-0.4, -0.2) is 0 Å². The van der Waals surface area contributed by atoms with Gasteiger partial charge < -0.3 is 0 Å². The molecule has 0 fully saturated rings. The van der Waals surface area contributed by atoms with Crippen molar-refractivity contribution in [3.05, 3.63) is 133 Å². The van der Waals surface area contributed by atoms with Crippen LogP contribution in [0.2, 0.25) is 0 Å². The van der Waals surface area contributed by atoms with Gasteiger partial charge in [-0.15, -0.1) is 22.7 Å². The molecular weight excluding hydrogens is 521 g/mol. The van der Waals surface area contributed by atoms with Crippen molar-refractivity contribution in [3.8, 4) is 22.3 Å². The molecule has 0 radical (unpaired) electrons. The predicted octanol–water partition coefficient (Wildman–Crippen LogP) is 12.1. The highest BCUT2D eigenvalue weighted by atomic mass is 32.1. The third-order valence-corrected chi connectivity index (χ3v) is 10.4. The molecular formula is C38H22S2. The Morgan fingerprint density at radius 3 is 1.70 bits per heavy atom. The predicted molar refractivity (Wildman–Crippen MR) is 178 cm³/mol. The van der Waals surface area contributed by atoms with Gasteiger partial charge in [0.1, 0.15) is 0 Å². The van der Waals surface area contributed by atoms with Gasteiger partial charge in [-0.2, -0.15) is 0 Å². The molecule has 186 valence electrons. The molecule has 0 saturated heterocycles. The third kappa shape index (κ3) is 3.18. The van der Waals surface area contributed by atoms with Crippen LogP contribution in [0.25, 0.3) is 84.8 Å². The Kier molecular flexibility index (Phi) is 4.74. The Balaban J connectivity index is 1.39. The minimum absolute atomic E-state index is 1.26. The molecule has 9 rings (SSSR count). The number of fused-ring (bicyclic) bond motifs is 8. The van der Waals surface area contributed by atoms with Gasteiger partial charge in [-0.3, -0.25) is 0 Å². The maximum Gasteiger partial charge on any atom is 0.0435 e. The quantitative estimate of drug-likeness (QED) is 0.191. The fourth-order valence-electron chi connectivity index (χ4n) is 6.54. The lowest BCUT2D eigenvalue weighted by molar-refractivity contribution is 1.69. The van der Waals surface area contributed by atoms with E-state index in [2.05, 4.69) is 133 Å². The van der Waals surface area contributed by atoms with Crippen molar-refractivity contribution >= 4 is 85.2 Å². The van der Waals surface area contributed by atoms with Crippen LogP contribution < -0.4 is 0 Å². The summed E-state index contributed by atoms with van der Waals surface area (Å²) in [6, 6.07) is 47.3. The first-order valence-electron chi connectivity index (χ1n) is 13.6. The molecule has 2 heteroatoms. The summed E-state index contributed by atoms with van der Waals surface area (Å²) < 4.78 is 4.10. The van der Waals surface area contributed by atoms with E-state index in [4.69, 9.17) is 0 Å². The summed E-state index contributed by atoms with van der Waals surface area (Å²) in [5.41, 5.74) is 5.16. The summed E-state index contributed by atoms with van der Waals surface area (Å²) in [5, 5.41) is 14.0. The number of thiophene rings is 2. The van der Waals surface area contributed by atoms with Crippen molar-refractivity contribution < 1.29 is 0 Å². The van der Waals surface area contributed by atoms with Crippen LogP contribution in [-0.2, 0) is 0 Å². The second kappa shape index (κ2) is 8.50. The Hall–Kier alpha value is -4.50. The van der Waals surface area contributed by atoms with E-state index in [1.54, 1.807) is 0 Å². The summed E-state index contributed by atoms with van der Waals surface area (Å²) in [4.78, 5) is 0. The molecule has 9 aromatic rings. The lowest BCUT2D eigenvalue weighted by Gasteiger charge is -2.18. The van der Waals surface area contributed by atoms with Crippen LogP contribution in [0.15, 0.2) is 133 Å². The van der Waals surface area contributed by atoms with Gasteiger partial charge in [0.25, 0.3) is 0 Å². The largest absolute Gasteiger partial charge is 0.143 e. The maximum absolute atomic E-state index is 2.44. The monoisotopic (exact) mass is 542 g/mol. The second-order valence-corrected chi connectivity index (χ2v) is 12.5. The smallest absolute Gasteiger partial charge is 0.0435 e. The fraction of sp³-hybridized carbons (Fsp3) is 0. The molecule has 2 heterocycles. The Morgan fingerprint density at radius 2 is 0.975 bits per heavy atom. The van der Waals surface area contributed by atoms with E-state index in [-0.39, 0.29) is 0 Å². The van der Waals surface area contributed by atoms with Gasteiger partial charge in [-0.05, 0) is 95.7 Å². The summed E-state index contributed by atoms with van der Waals surface area (Å²) in [5.74, 6) is 0. The highest BCUT2D eigenvalue weighted by molar-refractivity contribution is 7.27. The number of hydrogen-bond donors (Lipinski definition) is 0. The summed E-state index contributed by atoms with van der Waals surface area (Å²) in [7, 11) is 0. The molecule has 0 aliphatic heterocycles. The first-order valence-corrected chi connectivity index (χ1v) is 15.3. The lowest BCUT2D eigenvalue weighted by atomic mass is 9.85. The van der Waals surface area contributed by atoms with E-state index in [9.17, 15) is 0 Å². The zero-order valence-electron chi connectivity index (χ0n) is 21.5. The van der Waals surface area contributed by atoms with Crippen LogP contribution in [0.5, 0.6) is 0 Å². The van der Waals surface area contributed by atoms with Crippen LogP contribution in [0, 0.1) is 0 Å². The van der Waals surface area contributed by atoms with E-state index >= 15 is 0 Å². The van der Waals surface area contributed by atoms with Crippen LogP contribution in [0.1, 0.15) is 0 Å². The minimum atomic E-state index is 1.26. The highest BCUT2D eigenvalue weighted by Gasteiger charge is 2.18. The van der Waals surface area contributed by atoms with Gasteiger partial charge in [0.2, 0.25) is 0 Å². The Labute approximate surface area is 239 Å². The third-order valence-electron chi connectivity index (χ3n) is 8.31. The normalized spacial score (nSPS) is 12.0. The van der Waals surface area contributed by atoms with E-state index in [0.29, 0.717) is 0 Å². The summed E-state index contributed by atoms with van der Waals surface area (Å²) in [6.45, 7) is 0. The number of rotatable bonds is 2. The van der Waals surface area contributed by atoms with Gasteiger partial charge in [-0.25, -0.2) is 0 Å². The molecule has 0 aliphatic rings. The zero-order valence-corrected chi connectivity index (χ0v) is 23.2. The molecule has 0 unspecified atom stereocenters. The summed E-state index contributed by atoms with van der Waals surface area (Å²) in [6.07, 6.45) is 0. The number of benzene rings is 7. The molecule has 2 aromatic heterocycles. The molecule has 0 nitrogen and oxygen atoms in total. The molecule has 0 N–H and O–H groups in total. The molecule has 0 bridgehead atoms. The molecule has 0 atom stereocenters. The van der Waals surface area contributed by atoms with Gasteiger partial charge in [-0.1, -0.05) is 97.1 Å². The van der Waals surface area contributed by atoms with Gasteiger partial charge >= 0.3 is 0 Å². The first-order chi connectivity index (χ1) is 19.8. The van der Waals surface area contributed by atoms with E-state index in [0.717, 1.165) is 0 Å². The average Bonchev–Trinajstić information content (AvgIpc) is 3.63. The van der Waals surface area contributed by atoms with Crippen LogP contribution >= 0.6 is 22.7 Å². The molecule has 0 saturated carbocycles. The fourth-order valence-corrected chi connectivity index (χ4v) is 8.66. The SMILES string of the molecule is c1ccc2cc(-c3c4ccccc4c(-c4ccc5sc6ccc7ccsc7c6c5c4)c4ccccc34)ccc2c1. The molecule has 0 spiro atoms. The van der Waals surface area contributed by atoms with Gasteiger partial charge in [0.05, 0.1) is 0 Å².